The lowest BCUT2D eigenvalue weighted by Crippen LogP contribution is -2.39. The molecule has 3 aromatic rings. The molecule has 1 fully saturated rings. The molecular weight excluding hydrogens is 390 g/mol. The second-order valence-electron chi connectivity index (χ2n) is 7.75. The lowest BCUT2D eigenvalue weighted by molar-refractivity contribution is -0.127. The topological polar surface area (TPSA) is 102 Å². The van der Waals surface area contributed by atoms with Crippen molar-refractivity contribution in [2.24, 2.45) is 5.92 Å². The van der Waals surface area contributed by atoms with Gasteiger partial charge in [-0.3, -0.25) is 9.48 Å². The van der Waals surface area contributed by atoms with Gasteiger partial charge in [-0.25, -0.2) is 9.97 Å². The molecule has 4 rings (SSSR count). The average molecular weight is 418 g/mol. The Morgan fingerprint density at radius 3 is 2.74 bits per heavy atom. The quantitative estimate of drug-likeness (QED) is 0.573. The smallest absolute Gasteiger partial charge is 0.245 e. The Labute approximate surface area is 181 Å². The van der Waals surface area contributed by atoms with Crippen LogP contribution in [0, 0.1) is 5.92 Å². The maximum Gasteiger partial charge on any atom is 0.245 e. The van der Waals surface area contributed by atoms with Gasteiger partial charge < -0.3 is 16.0 Å². The summed E-state index contributed by atoms with van der Waals surface area (Å²) in [5.74, 6) is 1.59. The zero-order chi connectivity index (χ0) is 21.6. The standard InChI is InChI=1S/C23H27N7O/c1-2-20(31)29-10-8-17(9-11-29)12-25-23-21(22(24)26-16-27-23)19-13-28-30(15-19)14-18-6-4-3-5-7-18/h2-7,13,15-17H,1,8-12,14H2,(H3,24,25,26,27). The number of nitrogens with two attached hydrogens (primary N) is 1. The molecule has 0 aliphatic carbocycles. The summed E-state index contributed by atoms with van der Waals surface area (Å²) in [6.45, 7) is 6.51. The van der Waals surface area contributed by atoms with Gasteiger partial charge in [-0.1, -0.05) is 36.9 Å². The molecule has 1 saturated heterocycles. The van der Waals surface area contributed by atoms with Crippen LogP contribution in [0.15, 0.2) is 61.7 Å². The van der Waals surface area contributed by atoms with E-state index in [2.05, 4.69) is 39.1 Å². The van der Waals surface area contributed by atoms with Crippen molar-refractivity contribution in [1.82, 2.24) is 24.6 Å². The number of benzene rings is 1. The van der Waals surface area contributed by atoms with Crippen molar-refractivity contribution in [3.8, 4) is 11.1 Å². The van der Waals surface area contributed by atoms with Crippen molar-refractivity contribution < 1.29 is 4.79 Å². The van der Waals surface area contributed by atoms with Crippen LogP contribution in [-0.4, -0.2) is 50.2 Å². The Morgan fingerprint density at radius 1 is 1.23 bits per heavy atom. The largest absolute Gasteiger partial charge is 0.383 e. The van der Waals surface area contributed by atoms with Crippen LogP contribution in [0.5, 0.6) is 0 Å². The van der Waals surface area contributed by atoms with Crippen LogP contribution in [0.4, 0.5) is 11.6 Å². The van der Waals surface area contributed by atoms with Crippen LogP contribution in [-0.2, 0) is 11.3 Å². The number of rotatable bonds is 7. The molecule has 2 aromatic heterocycles. The molecule has 0 spiro atoms. The number of piperidine rings is 1. The third-order valence-electron chi connectivity index (χ3n) is 5.64. The first-order valence-electron chi connectivity index (χ1n) is 10.5. The molecule has 3 N–H and O–H groups in total. The molecule has 1 aromatic carbocycles. The van der Waals surface area contributed by atoms with Crippen LogP contribution in [0.2, 0.25) is 0 Å². The molecule has 31 heavy (non-hydrogen) atoms. The summed E-state index contributed by atoms with van der Waals surface area (Å²) in [4.78, 5) is 22.2. The first kappa shape index (κ1) is 20.6. The van der Waals surface area contributed by atoms with Crippen molar-refractivity contribution in [3.05, 3.63) is 67.3 Å². The molecule has 0 unspecified atom stereocenters. The maximum absolute atomic E-state index is 11.8. The van der Waals surface area contributed by atoms with Crippen molar-refractivity contribution in [3.63, 3.8) is 0 Å². The van der Waals surface area contributed by atoms with Gasteiger partial charge in [0.2, 0.25) is 5.91 Å². The second kappa shape index (κ2) is 9.42. The lowest BCUT2D eigenvalue weighted by atomic mass is 9.96. The summed E-state index contributed by atoms with van der Waals surface area (Å²) in [6.07, 6.45) is 8.50. The monoisotopic (exact) mass is 417 g/mol. The zero-order valence-electron chi connectivity index (χ0n) is 17.4. The number of nitrogens with zero attached hydrogens (tertiary/aromatic N) is 5. The highest BCUT2D eigenvalue weighted by Crippen LogP contribution is 2.31. The molecule has 0 saturated carbocycles. The Balaban J connectivity index is 1.43. The summed E-state index contributed by atoms with van der Waals surface area (Å²) in [7, 11) is 0. The molecule has 8 nitrogen and oxygen atoms in total. The van der Waals surface area contributed by atoms with E-state index < -0.39 is 0 Å². The summed E-state index contributed by atoms with van der Waals surface area (Å²) in [5, 5.41) is 7.93. The van der Waals surface area contributed by atoms with Gasteiger partial charge in [-0.15, -0.1) is 0 Å². The van der Waals surface area contributed by atoms with Crippen LogP contribution < -0.4 is 11.1 Å². The molecule has 160 valence electrons. The van der Waals surface area contributed by atoms with E-state index in [1.165, 1.54) is 18.0 Å². The predicted molar refractivity (Wildman–Crippen MR) is 121 cm³/mol. The van der Waals surface area contributed by atoms with Gasteiger partial charge >= 0.3 is 0 Å². The van der Waals surface area contributed by atoms with E-state index in [1.54, 1.807) is 6.20 Å². The SMILES string of the molecule is C=CC(=O)N1CCC(CNc2ncnc(N)c2-c2cnn(Cc3ccccc3)c2)CC1. The van der Waals surface area contributed by atoms with Gasteiger partial charge in [0.15, 0.2) is 0 Å². The molecule has 0 radical (unpaired) electrons. The molecule has 8 heteroatoms. The molecular formula is C23H27N7O. The first-order valence-corrected chi connectivity index (χ1v) is 10.5. The Kier molecular flexibility index (Phi) is 6.26. The van der Waals surface area contributed by atoms with Crippen LogP contribution in [0.1, 0.15) is 18.4 Å². The van der Waals surface area contributed by atoms with E-state index in [1.807, 2.05) is 34.0 Å². The minimum absolute atomic E-state index is 0.00443. The van der Waals surface area contributed by atoms with Crippen LogP contribution in [0.25, 0.3) is 11.1 Å². The van der Waals surface area contributed by atoms with Crippen LogP contribution >= 0.6 is 0 Å². The molecule has 0 bridgehead atoms. The number of amides is 1. The third kappa shape index (κ3) is 4.91. The summed E-state index contributed by atoms with van der Waals surface area (Å²) >= 11 is 0. The molecule has 1 aliphatic rings. The number of carbonyl (C=O) groups excluding carboxylic acids is 1. The minimum atomic E-state index is 0.00443. The number of anilines is 2. The first-order chi connectivity index (χ1) is 15.1. The fraction of sp³-hybridized carbons (Fsp3) is 0.304. The third-order valence-corrected chi connectivity index (χ3v) is 5.64. The number of nitrogen functional groups attached to an aromatic ring is 1. The highest BCUT2D eigenvalue weighted by molar-refractivity contribution is 5.87. The van der Waals surface area contributed by atoms with Crippen molar-refractivity contribution >= 4 is 17.5 Å². The van der Waals surface area contributed by atoms with Gasteiger partial charge in [-0.05, 0) is 30.4 Å². The number of hydrogen-bond acceptors (Lipinski definition) is 6. The highest BCUT2D eigenvalue weighted by atomic mass is 16.2. The van der Waals surface area contributed by atoms with Crippen LogP contribution in [0.3, 0.4) is 0 Å². The van der Waals surface area contributed by atoms with Gasteiger partial charge in [0.05, 0.1) is 18.3 Å². The van der Waals surface area contributed by atoms with Crippen molar-refractivity contribution in [1.29, 1.82) is 0 Å². The number of hydrogen-bond donors (Lipinski definition) is 2. The molecule has 3 heterocycles. The second-order valence-corrected chi connectivity index (χ2v) is 7.75. The zero-order valence-corrected chi connectivity index (χ0v) is 17.4. The van der Waals surface area contributed by atoms with Gasteiger partial charge in [-0.2, -0.15) is 5.10 Å². The molecule has 1 amide bonds. The van der Waals surface area contributed by atoms with E-state index in [-0.39, 0.29) is 5.91 Å². The number of carbonyl (C=O) groups is 1. The Bertz CT molecular complexity index is 1040. The molecule has 0 atom stereocenters. The predicted octanol–water partition coefficient (Wildman–Crippen LogP) is 2.81. The summed E-state index contributed by atoms with van der Waals surface area (Å²) in [6, 6.07) is 10.2. The van der Waals surface area contributed by atoms with E-state index in [0.29, 0.717) is 24.1 Å². The van der Waals surface area contributed by atoms with Gasteiger partial charge in [0.25, 0.3) is 0 Å². The van der Waals surface area contributed by atoms with E-state index in [4.69, 9.17) is 5.73 Å². The number of likely N-dealkylation sites (tertiary alicyclic amines) is 1. The van der Waals surface area contributed by atoms with Gasteiger partial charge in [0, 0.05) is 31.4 Å². The highest BCUT2D eigenvalue weighted by Gasteiger charge is 2.22. The number of aromatic nitrogens is 4. The fourth-order valence-electron chi connectivity index (χ4n) is 3.90. The fourth-order valence-corrected chi connectivity index (χ4v) is 3.90. The minimum Gasteiger partial charge on any atom is -0.383 e. The summed E-state index contributed by atoms with van der Waals surface area (Å²) < 4.78 is 1.88. The van der Waals surface area contributed by atoms with Gasteiger partial charge in [0.1, 0.15) is 18.0 Å². The van der Waals surface area contributed by atoms with E-state index >= 15 is 0 Å². The molecule has 1 aliphatic heterocycles. The van der Waals surface area contributed by atoms with Crippen molar-refractivity contribution in [2.45, 2.75) is 19.4 Å². The average Bonchev–Trinajstić information content (AvgIpc) is 3.26. The Morgan fingerprint density at radius 2 is 2.00 bits per heavy atom. The van der Waals surface area contributed by atoms with E-state index in [0.717, 1.165) is 43.6 Å². The Hall–Kier alpha value is -3.68. The normalized spacial score (nSPS) is 14.4. The maximum atomic E-state index is 11.8. The number of nitrogens with one attached hydrogen (secondary N) is 1. The van der Waals surface area contributed by atoms with E-state index in [9.17, 15) is 4.79 Å². The summed E-state index contributed by atoms with van der Waals surface area (Å²) in [5.41, 5.74) is 9.03. The van der Waals surface area contributed by atoms with Crippen molar-refractivity contribution in [2.75, 3.05) is 30.7 Å². The lowest BCUT2D eigenvalue weighted by Gasteiger charge is -2.31.